The van der Waals surface area contributed by atoms with Crippen LogP contribution in [0, 0.1) is 0 Å². The van der Waals surface area contributed by atoms with Crippen LogP contribution in [0.3, 0.4) is 0 Å². The van der Waals surface area contributed by atoms with Gasteiger partial charge in [0, 0.05) is 12.1 Å². The van der Waals surface area contributed by atoms with Gasteiger partial charge in [0.05, 0.1) is 18.4 Å². The van der Waals surface area contributed by atoms with Crippen molar-refractivity contribution in [1.82, 2.24) is 19.3 Å². The number of aromatic nitrogens is 4. The first-order valence-electron chi connectivity index (χ1n) is 6.77. The molecule has 0 aliphatic rings. The topological polar surface area (TPSA) is 116 Å². The molecule has 2 heterocycles. The summed E-state index contributed by atoms with van der Waals surface area (Å²) in [5, 5.41) is 10.9. The van der Waals surface area contributed by atoms with Crippen LogP contribution >= 0.6 is 15.9 Å². The lowest BCUT2D eigenvalue weighted by Gasteiger charge is -2.02. The molecule has 0 fully saturated rings. The second-order valence-corrected chi connectivity index (χ2v) is 5.46. The van der Waals surface area contributed by atoms with Crippen LogP contribution < -0.4 is 11.4 Å². The van der Waals surface area contributed by atoms with Crippen molar-refractivity contribution in [3.63, 3.8) is 0 Å². The third-order valence-corrected chi connectivity index (χ3v) is 3.29. The molecule has 0 aliphatic heterocycles. The van der Waals surface area contributed by atoms with Gasteiger partial charge in [0.25, 0.3) is 6.08 Å². The van der Waals surface area contributed by atoms with E-state index in [0.29, 0.717) is 10.3 Å². The maximum absolute atomic E-state index is 12.5. The molecule has 0 amide bonds. The number of hydrogen-bond acceptors (Lipinski definition) is 5. The summed E-state index contributed by atoms with van der Waals surface area (Å²) in [4.78, 5) is 24.9. The first-order chi connectivity index (χ1) is 12.5. The highest BCUT2D eigenvalue weighted by molar-refractivity contribution is 9.10. The van der Waals surface area contributed by atoms with E-state index in [1.54, 1.807) is 12.1 Å². The fraction of sp³-hybridized carbons (Fsp3) is 0.231. The molecule has 0 saturated heterocycles. The van der Waals surface area contributed by atoms with Gasteiger partial charge < -0.3 is 10.8 Å². The Morgan fingerprint density at radius 3 is 2.30 bits per heavy atom. The molecule has 27 heavy (non-hydrogen) atoms. The zero-order chi connectivity index (χ0) is 20.8. The smallest absolute Gasteiger partial charge is 0.475 e. The van der Waals surface area contributed by atoms with E-state index >= 15 is 0 Å². The average Bonchev–Trinajstić information content (AvgIpc) is 2.93. The zero-order valence-corrected chi connectivity index (χ0v) is 14.7. The monoisotopic (exact) mass is 459 g/mol. The quantitative estimate of drug-likeness (QED) is 0.533. The van der Waals surface area contributed by atoms with Gasteiger partial charge in [-0.25, -0.2) is 23.8 Å². The zero-order valence-electron chi connectivity index (χ0n) is 13.1. The molecular formula is C13H11BrF5N5O3. The van der Waals surface area contributed by atoms with E-state index in [-0.39, 0.29) is 18.7 Å². The van der Waals surface area contributed by atoms with E-state index in [1.807, 2.05) is 0 Å². The van der Waals surface area contributed by atoms with Gasteiger partial charge in [0.15, 0.2) is 0 Å². The lowest BCUT2D eigenvalue weighted by Crippen LogP contribution is -2.26. The number of nitrogens with two attached hydrogens (primary N) is 1. The lowest BCUT2D eigenvalue weighted by atomic mass is 10.3. The van der Waals surface area contributed by atoms with Gasteiger partial charge in [-0.3, -0.25) is 0 Å². The SMILES string of the molecule is NCC(Cn1ncn(-c2ccc(Br)nc2)c1=O)=C(F)F.O=C(O)C(F)(F)F. The predicted molar refractivity (Wildman–Crippen MR) is 85.3 cm³/mol. The molecule has 3 N–H and O–H groups in total. The van der Waals surface area contributed by atoms with Gasteiger partial charge in [-0.2, -0.15) is 27.1 Å². The number of rotatable bonds is 4. The summed E-state index contributed by atoms with van der Waals surface area (Å²) in [5.74, 6) is -2.76. The second-order valence-electron chi connectivity index (χ2n) is 4.65. The minimum atomic E-state index is -5.08. The molecule has 0 bridgehead atoms. The van der Waals surface area contributed by atoms with E-state index in [0.717, 1.165) is 4.68 Å². The van der Waals surface area contributed by atoms with Crippen molar-refractivity contribution in [2.75, 3.05) is 6.54 Å². The summed E-state index contributed by atoms with van der Waals surface area (Å²) >= 11 is 3.18. The Balaban J connectivity index is 0.000000445. The highest BCUT2D eigenvalue weighted by Crippen LogP contribution is 2.13. The number of aliphatic carboxylic acids is 1. The maximum atomic E-state index is 12.5. The number of carbonyl (C=O) groups is 1. The van der Waals surface area contributed by atoms with E-state index in [1.165, 1.54) is 17.1 Å². The Bertz CT molecular complexity index is 872. The molecule has 148 valence electrons. The molecule has 0 radical (unpaired) electrons. The van der Waals surface area contributed by atoms with Crippen molar-refractivity contribution in [2.45, 2.75) is 12.7 Å². The number of halogens is 6. The van der Waals surface area contributed by atoms with E-state index in [4.69, 9.17) is 15.6 Å². The number of nitrogens with zero attached hydrogens (tertiary/aromatic N) is 4. The Kier molecular flexibility index (Phi) is 7.78. The number of hydrogen-bond donors (Lipinski definition) is 2. The fourth-order valence-corrected chi connectivity index (χ4v) is 1.75. The molecule has 0 spiro atoms. The van der Waals surface area contributed by atoms with Gasteiger partial charge in [0.2, 0.25) is 0 Å². The molecule has 2 rings (SSSR count). The summed E-state index contributed by atoms with van der Waals surface area (Å²) in [6.07, 6.45) is -4.26. The van der Waals surface area contributed by atoms with Crippen molar-refractivity contribution < 1.29 is 31.9 Å². The van der Waals surface area contributed by atoms with Crippen LogP contribution in [-0.2, 0) is 11.3 Å². The van der Waals surface area contributed by atoms with Gasteiger partial charge >= 0.3 is 17.8 Å². The van der Waals surface area contributed by atoms with Gasteiger partial charge in [-0.1, -0.05) is 0 Å². The minimum absolute atomic E-state index is 0.328. The van der Waals surface area contributed by atoms with Crippen LogP contribution in [0.15, 0.2) is 45.7 Å². The Hall–Kier alpha value is -2.61. The first kappa shape index (κ1) is 22.4. The summed E-state index contributed by atoms with van der Waals surface area (Å²) < 4.78 is 59.5. The maximum Gasteiger partial charge on any atom is 0.490 e. The molecular weight excluding hydrogens is 449 g/mol. The van der Waals surface area contributed by atoms with Crippen molar-refractivity contribution in [3.8, 4) is 5.69 Å². The van der Waals surface area contributed by atoms with Crippen LogP contribution in [0.5, 0.6) is 0 Å². The van der Waals surface area contributed by atoms with Crippen molar-refractivity contribution in [1.29, 1.82) is 0 Å². The van der Waals surface area contributed by atoms with Crippen molar-refractivity contribution in [3.05, 3.63) is 51.4 Å². The normalized spacial score (nSPS) is 10.8. The Labute approximate surface area is 155 Å². The van der Waals surface area contributed by atoms with E-state index in [9.17, 15) is 26.7 Å². The third kappa shape index (κ3) is 6.56. The van der Waals surface area contributed by atoms with E-state index in [2.05, 4.69) is 26.0 Å². The molecule has 8 nitrogen and oxygen atoms in total. The second kappa shape index (κ2) is 9.36. The molecule has 0 unspecified atom stereocenters. The third-order valence-electron chi connectivity index (χ3n) is 2.82. The van der Waals surface area contributed by atoms with Crippen LogP contribution in [0.1, 0.15) is 0 Å². The van der Waals surface area contributed by atoms with Gasteiger partial charge in [-0.05, 0) is 28.1 Å². The molecule has 0 saturated carbocycles. The molecule has 0 aromatic carbocycles. The molecule has 14 heteroatoms. The van der Waals surface area contributed by atoms with Crippen LogP contribution in [0.4, 0.5) is 22.0 Å². The predicted octanol–water partition coefficient (Wildman–Crippen LogP) is 1.93. The Morgan fingerprint density at radius 2 is 1.89 bits per heavy atom. The Morgan fingerprint density at radius 1 is 1.30 bits per heavy atom. The summed E-state index contributed by atoms with van der Waals surface area (Å²) in [6.45, 7) is -0.671. The highest BCUT2D eigenvalue weighted by atomic mass is 79.9. The number of carboxylic acid groups (broad SMARTS) is 1. The average molecular weight is 460 g/mol. The number of pyridine rings is 1. The van der Waals surface area contributed by atoms with Crippen molar-refractivity contribution in [2.24, 2.45) is 5.73 Å². The van der Waals surface area contributed by atoms with Gasteiger partial charge in [-0.15, -0.1) is 0 Å². The van der Waals surface area contributed by atoms with E-state index < -0.39 is 23.9 Å². The molecule has 2 aromatic rings. The summed E-state index contributed by atoms with van der Waals surface area (Å²) in [5.41, 5.74) is 4.82. The molecule has 0 atom stereocenters. The number of carboxylic acids is 1. The summed E-state index contributed by atoms with van der Waals surface area (Å²) in [6, 6.07) is 3.31. The van der Waals surface area contributed by atoms with Crippen LogP contribution in [0.25, 0.3) is 5.69 Å². The first-order valence-corrected chi connectivity index (χ1v) is 7.56. The van der Waals surface area contributed by atoms with Crippen LogP contribution in [0.2, 0.25) is 0 Å². The molecule has 2 aromatic heterocycles. The lowest BCUT2D eigenvalue weighted by molar-refractivity contribution is -0.192. The van der Waals surface area contributed by atoms with Crippen molar-refractivity contribution >= 4 is 21.9 Å². The molecule has 0 aliphatic carbocycles. The number of alkyl halides is 3. The largest absolute Gasteiger partial charge is 0.490 e. The summed E-state index contributed by atoms with van der Waals surface area (Å²) in [7, 11) is 0. The fourth-order valence-electron chi connectivity index (χ4n) is 1.52. The van der Waals surface area contributed by atoms with Crippen LogP contribution in [-0.4, -0.2) is 43.1 Å². The van der Waals surface area contributed by atoms with Gasteiger partial charge in [0.1, 0.15) is 10.9 Å². The standard InChI is InChI=1S/C11H10BrF2N5O.C2HF3O2/c12-9-2-1-8(4-16-9)18-6-17-19(11(18)20)5-7(3-15)10(13)14;3-2(4,5)1(6)7/h1-2,4,6H,3,5,15H2;(H,6,7). The minimum Gasteiger partial charge on any atom is -0.475 e. The highest BCUT2D eigenvalue weighted by Gasteiger charge is 2.38.